The van der Waals surface area contributed by atoms with E-state index in [-0.39, 0.29) is 19.2 Å². The molecule has 0 atom stereocenters. The molecule has 0 aliphatic carbocycles. The minimum absolute atomic E-state index is 0. The van der Waals surface area contributed by atoms with E-state index in [0.29, 0.717) is 0 Å². The fourth-order valence-electron chi connectivity index (χ4n) is 0. The minimum atomic E-state index is -2.10. The van der Waals surface area contributed by atoms with Crippen LogP contribution in [-0.2, 0) is 10.7 Å². The molecular weight excluding hydrogens is 120 g/mol. The SMILES string of the molecule is CC[SH](=O)=O.S. The van der Waals surface area contributed by atoms with Gasteiger partial charge in [-0.2, -0.15) is 13.5 Å². The van der Waals surface area contributed by atoms with Crippen molar-refractivity contribution < 1.29 is 8.42 Å². The van der Waals surface area contributed by atoms with Gasteiger partial charge in [0.15, 0.2) is 0 Å². The quantitative estimate of drug-likeness (QED) is 0.493. The van der Waals surface area contributed by atoms with Gasteiger partial charge in [-0.25, -0.2) is 8.42 Å². The molecule has 0 unspecified atom stereocenters. The van der Waals surface area contributed by atoms with Gasteiger partial charge >= 0.3 is 0 Å². The van der Waals surface area contributed by atoms with Gasteiger partial charge in [0, 0.05) is 5.75 Å². The second-order valence-corrected chi connectivity index (χ2v) is 1.95. The van der Waals surface area contributed by atoms with E-state index in [1.54, 1.807) is 6.92 Å². The molecule has 0 aromatic heterocycles. The molecule has 0 aliphatic rings. The van der Waals surface area contributed by atoms with Gasteiger partial charge in [-0.1, -0.05) is 6.92 Å². The molecule has 0 amide bonds. The maximum absolute atomic E-state index is 9.41. The van der Waals surface area contributed by atoms with Crippen LogP contribution in [0, 0.1) is 0 Å². The van der Waals surface area contributed by atoms with E-state index < -0.39 is 10.7 Å². The lowest BCUT2D eigenvalue weighted by Crippen LogP contribution is -1.73. The average molecular weight is 128 g/mol. The van der Waals surface area contributed by atoms with Crippen molar-refractivity contribution in [3.63, 3.8) is 0 Å². The molecule has 0 radical (unpaired) electrons. The smallest absolute Gasteiger partial charge is 0.139 e. The molecule has 2 nitrogen and oxygen atoms in total. The summed E-state index contributed by atoms with van der Waals surface area (Å²) in [5.41, 5.74) is 0. The Balaban J connectivity index is 0. The summed E-state index contributed by atoms with van der Waals surface area (Å²) < 4.78 is 18.8. The summed E-state index contributed by atoms with van der Waals surface area (Å²) in [6.45, 7) is 1.60. The first kappa shape index (κ1) is 9.57. The molecule has 0 N–H and O–H groups in total. The summed E-state index contributed by atoms with van der Waals surface area (Å²) in [5.74, 6) is 0.259. The number of hydrogen-bond acceptors (Lipinski definition) is 2. The lowest BCUT2D eigenvalue weighted by Gasteiger charge is -1.60. The highest BCUT2D eigenvalue weighted by molar-refractivity contribution is 7.72. The number of hydrogen-bond donors (Lipinski definition) is 1. The van der Waals surface area contributed by atoms with Crippen molar-refractivity contribution >= 4 is 24.2 Å². The fraction of sp³-hybridized carbons (Fsp3) is 1.00. The van der Waals surface area contributed by atoms with Gasteiger partial charge in [0.2, 0.25) is 0 Å². The number of rotatable bonds is 1. The summed E-state index contributed by atoms with van der Waals surface area (Å²) >= 11 is 0. The van der Waals surface area contributed by atoms with Crippen LogP contribution in [0.5, 0.6) is 0 Å². The Morgan fingerprint density at radius 1 is 1.50 bits per heavy atom. The Bertz CT molecular complexity index is 67.6. The maximum atomic E-state index is 9.41. The predicted octanol–water partition coefficient (Wildman–Crippen LogP) is -0.269. The van der Waals surface area contributed by atoms with Crippen molar-refractivity contribution in [2.75, 3.05) is 5.75 Å². The number of thiol groups is 1. The molecule has 0 aromatic carbocycles. The zero-order valence-corrected chi connectivity index (χ0v) is 5.37. The molecule has 0 bridgehead atoms. The van der Waals surface area contributed by atoms with Crippen molar-refractivity contribution in [3.05, 3.63) is 0 Å². The molecule has 0 aromatic rings. The monoisotopic (exact) mass is 128 g/mol. The van der Waals surface area contributed by atoms with E-state index in [0.717, 1.165) is 0 Å². The van der Waals surface area contributed by atoms with E-state index in [1.807, 2.05) is 0 Å². The minimum Gasteiger partial charge on any atom is -0.232 e. The highest BCUT2D eigenvalue weighted by Gasteiger charge is 1.65. The molecule has 0 fully saturated rings. The summed E-state index contributed by atoms with van der Waals surface area (Å²) in [5, 5.41) is 0. The highest BCUT2D eigenvalue weighted by Crippen LogP contribution is 1.53. The van der Waals surface area contributed by atoms with Crippen LogP contribution >= 0.6 is 13.5 Å². The van der Waals surface area contributed by atoms with Crippen molar-refractivity contribution in [2.24, 2.45) is 0 Å². The first-order chi connectivity index (χ1) is 2.27. The van der Waals surface area contributed by atoms with Gasteiger partial charge in [0.05, 0.1) is 0 Å². The zero-order valence-electron chi connectivity index (χ0n) is 3.47. The highest BCUT2D eigenvalue weighted by atomic mass is 32.2. The van der Waals surface area contributed by atoms with Crippen molar-refractivity contribution in [1.82, 2.24) is 0 Å². The summed E-state index contributed by atoms with van der Waals surface area (Å²) in [6, 6.07) is 0. The fourth-order valence-corrected chi connectivity index (χ4v) is 0. The summed E-state index contributed by atoms with van der Waals surface area (Å²) in [6.07, 6.45) is 0. The Morgan fingerprint density at radius 3 is 1.67 bits per heavy atom. The first-order valence-electron chi connectivity index (χ1n) is 1.39. The molecule has 6 heavy (non-hydrogen) atoms. The molecule has 0 aliphatic heterocycles. The van der Waals surface area contributed by atoms with Crippen LogP contribution in [0.3, 0.4) is 0 Å². The van der Waals surface area contributed by atoms with Crippen LogP contribution in [0.15, 0.2) is 0 Å². The Morgan fingerprint density at radius 2 is 1.67 bits per heavy atom. The van der Waals surface area contributed by atoms with Crippen molar-refractivity contribution in [1.29, 1.82) is 0 Å². The van der Waals surface area contributed by atoms with Crippen LogP contribution in [0.2, 0.25) is 0 Å². The van der Waals surface area contributed by atoms with E-state index in [1.165, 1.54) is 0 Å². The van der Waals surface area contributed by atoms with E-state index in [4.69, 9.17) is 0 Å². The lowest BCUT2D eigenvalue weighted by atomic mass is 11.0. The molecule has 0 saturated heterocycles. The van der Waals surface area contributed by atoms with Crippen molar-refractivity contribution in [3.8, 4) is 0 Å². The van der Waals surface area contributed by atoms with E-state index in [2.05, 4.69) is 0 Å². The van der Waals surface area contributed by atoms with Crippen LogP contribution in [0.1, 0.15) is 6.92 Å². The molecule has 0 rings (SSSR count). The van der Waals surface area contributed by atoms with Gasteiger partial charge in [0.25, 0.3) is 0 Å². The largest absolute Gasteiger partial charge is 0.232 e. The third-order valence-corrected chi connectivity index (χ3v) is 0.775. The van der Waals surface area contributed by atoms with Gasteiger partial charge in [-0.05, 0) is 0 Å². The van der Waals surface area contributed by atoms with Crippen molar-refractivity contribution in [2.45, 2.75) is 6.92 Å². The van der Waals surface area contributed by atoms with Gasteiger partial charge in [0.1, 0.15) is 10.7 Å². The Labute approximate surface area is 46.0 Å². The second-order valence-electron chi connectivity index (χ2n) is 0.649. The molecule has 40 valence electrons. The van der Waals surface area contributed by atoms with Gasteiger partial charge < -0.3 is 0 Å². The van der Waals surface area contributed by atoms with Crippen LogP contribution in [-0.4, -0.2) is 14.2 Å². The molecular formula is C2H8O2S2. The Kier molecular flexibility index (Phi) is 8.45. The van der Waals surface area contributed by atoms with Crippen LogP contribution < -0.4 is 0 Å². The summed E-state index contributed by atoms with van der Waals surface area (Å²) in [7, 11) is -2.10. The maximum Gasteiger partial charge on any atom is 0.139 e. The third kappa shape index (κ3) is 8.85. The third-order valence-electron chi connectivity index (χ3n) is 0.258. The molecule has 0 saturated carbocycles. The standard InChI is InChI=1S/C2H6O2S.H2S/c1-2-5(3)4;/h5H,2H2,1H3;1H2. The van der Waals surface area contributed by atoms with Gasteiger partial charge in [-0.15, -0.1) is 0 Å². The topological polar surface area (TPSA) is 34.1 Å². The normalized spacial score (nSPS) is 7.67. The molecule has 0 heterocycles. The molecule has 4 heteroatoms. The van der Waals surface area contributed by atoms with E-state index >= 15 is 0 Å². The zero-order chi connectivity index (χ0) is 4.28. The van der Waals surface area contributed by atoms with E-state index in [9.17, 15) is 8.42 Å². The summed E-state index contributed by atoms with van der Waals surface area (Å²) in [4.78, 5) is 0. The van der Waals surface area contributed by atoms with Crippen LogP contribution in [0.25, 0.3) is 0 Å². The Hall–Kier alpha value is 0.300. The average Bonchev–Trinajstić information content (AvgIpc) is 1.38. The van der Waals surface area contributed by atoms with Gasteiger partial charge in [-0.3, -0.25) is 0 Å². The first-order valence-corrected chi connectivity index (χ1v) is 2.75. The second kappa shape index (κ2) is 5.30. The van der Waals surface area contributed by atoms with Crippen LogP contribution in [0.4, 0.5) is 0 Å². The lowest BCUT2D eigenvalue weighted by molar-refractivity contribution is 0.615. The molecule has 0 spiro atoms. The predicted molar refractivity (Wildman–Crippen MR) is 31.2 cm³/mol.